The second-order valence-electron chi connectivity index (χ2n) is 4.03. The van der Waals surface area contributed by atoms with E-state index in [0.717, 1.165) is 10.5 Å². The zero-order chi connectivity index (χ0) is 13.7. The van der Waals surface area contributed by atoms with Crippen molar-refractivity contribution in [3.05, 3.63) is 60.2 Å². The smallest absolute Gasteiger partial charge is 0.319 e. The van der Waals surface area contributed by atoms with Crippen LogP contribution in [0.3, 0.4) is 0 Å². The van der Waals surface area contributed by atoms with Crippen LogP contribution in [0.15, 0.2) is 59.5 Å². The van der Waals surface area contributed by atoms with E-state index in [1.165, 1.54) is 11.8 Å². The molecule has 0 saturated heterocycles. The molecule has 0 heterocycles. The van der Waals surface area contributed by atoms with Crippen molar-refractivity contribution in [3.63, 3.8) is 0 Å². The highest BCUT2D eigenvalue weighted by atomic mass is 32.3. The summed E-state index contributed by atoms with van der Waals surface area (Å²) in [6.45, 7) is 1.99. The molecule has 0 atom stereocenters. The molecule has 0 saturated carbocycles. The standard InChI is InChI=1S/C14H14O3S2/c1-12-7-9-14(10-8-12)18-11-19(15,16)17-13-5-3-2-4-6-13/h2-10H,11H2,1H3. The second kappa shape index (κ2) is 6.12. The van der Waals surface area contributed by atoms with Gasteiger partial charge in [-0.05, 0) is 31.2 Å². The van der Waals surface area contributed by atoms with Crippen LogP contribution in [0.2, 0.25) is 0 Å². The van der Waals surface area contributed by atoms with Crippen LogP contribution in [0.25, 0.3) is 0 Å². The minimum absolute atomic E-state index is 0.106. The van der Waals surface area contributed by atoms with Crippen molar-refractivity contribution in [1.29, 1.82) is 0 Å². The lowest BCUT2D eigenvalue weighted by Crippen LogP contribution is -2.11. The predicted molar refractivity (Wildman–Crippen MR) is 77.9 cm³/mol. The molecule has 19 heavy (non-hydrogen) atoms. The topological polar surface area (TPSA) is 43.4 Å². The van der Waals surface area contributed by atoms with Crippen LogP contribution in [0.5, 0.6) is 5.75 Å². The molecule has 100 valence electrons. The summed E-state index contributed by atoms with van der Waals surface area (Å²) in [5.74, 6) is 0.340. The Morgan fingerprint density at radius 3 is 2.26 bits per heavy atom. The molecular formula is C14H14O3S2. The van der Waals surface area contributed by atoms with Gasteiger partial charge in [0.05, 0.1) is 0 Å². The van der Waals surface area contributed by atoms with E-state index < -0.39 is 10.1 Å². The third kappa shape index (κ3) is 4.61. The molecule has 0 aliphatic heterocycles. The minimum atomic E-state index is -3.58. The van der Waals surface area contributed by atoms with Gasteiger partial charge in [-0.2, -0.15) is 8.42 Å². The molecule has 0 aliphatic rings. The molecule has 2 rings (SSSR count). The Kier molecular flexibility index (Phi) is 4.50. The second-order valence-corrected chi connectivity index (χ2v) is 7.01. The number of para-hydroxylation sites is 1. The van der Waals surface area contributed by atoms with E-state index >= 15 is 0 Å². The van der Waals surface area contributed by atoms with E-state index in [9.17, 15) is 8.42 Å². The molecule has 0 radical (unpaired) electrons. The molecule has 0 bridgehead atoms. The molecule has 5 heteroatoms. The molecule has 2 aromatic rings. The fourth-order valence-electron chi connectivity index (χ4n) is 1.42. The van der Waals surface area contributed by atoms with E-state index in [0.29, 0.717) is 5.75 Å². The Hall–Kier alpha value is -1.46. The Labute approximate surface area is 117 Å². The molecule has 0 aromatic heterocycles. The molecule has 0 N–H and O–H groups in total. The summed E-state index contributed by atoms with van der Waals surface area (Å²) in [6, 6.07) is 16.2. The molecule has 0 unspecified atom stereocenters. The van der Waals surface area contributed by atoms with Crippen molar-refractivity contribution >= 4 is 21.9 Å². The first-order valence-electron chi connectivity index (χ1n) is 5.72. The molecule has 0 spiro atoms. The average Bonchev–Trinajstić information content (AvgIpc) is 2.39. The molecule has 3 nitrogen and oxygen atoms in total. The van der Waals surface area contributed by atoms with Crippen molar-refractivity contribution in [2.45, 2.75) is 11.8 Å². The van der Waals surface area contributed by atoms with Gasteiger partial charge in [0, 0.05) is 4.90 Å². The SMILES string of the molecule is Cc1ccc(SCS(=O)(=O)Oc2ccccc2)cc1. The van der Waals surface area contributed by atoms with Gasteiger partial charge in [0.2, 0.25) is 0 Å². The fourth-order valence-corrected chi connectivity index (χ4v) is 3.47. The van der Waals surface area contributed by atoms with Gasteiger partial charge in [-0.25, -0.2) is 0 Å². The summed E-state index contributed by atoms with van der Waals surface area (Å²) in [4.78, 5) is 0.908. The third-order valence-corrected chi connectivity index (χ3v) is 5.04. The van der Waals surface area contributed by atoms with Gasteiger partial charge in [-0.15, -0.1) is 11.8 Å². The fraction of sp³-hybridized carbons (Fsp3) is 0.143. The van der Waals surface area contributed by atoms with E-state index in [2.05, 4.69) is 0 Å². The number of benzene rings is 2. The largest absolute Gasteiger partial charge is 0.382 e. The third-order valence-electron chi connectivity index (χ3n) is 2.36. The highest BCUT2D eigenvalue weighted by Crippen LogP contribution is 2.22. The minimum Gasteiger partial charge on any atom is -0.382 e. The number of rotatable bonds is 5. The van der Waals surface area contributed by atoms with Crippen molar-refractivity contribution in [3.8, 4) is 5.75 Å². The highest BCUT2D eigenvalue weighted by Gasteiger charge is 2.13. The number of hydrogen-bond acceptors (Lipinski definition) is 4. The van der Waals surface area contributed by atoms with Crippen LogP contribution < -0.4 is 4.18 Å². The first kappa shape index (κ1) is 14.0. The van der Waals surface area contributed by atoms with Gasteiger partial charge in [-0.3, -0.25) is 0 Å². The summed E-state index contributed by atoms with van der Waals surface area (Å²) in [5, 5.41) is -0.106. The van der Waals surface area contributed by atoms with Crippen LogP contribution in [-0.4, -0.2) is 13.5 Å². The molecular weight excluding hydrogens is 280 g/mol. The quantitative estimate of drug-likeness (QED) is 0.626. The van der Waals surface area contributed by atoms with Gasteiger partial charge in [0.15, 0.2) is 0 Å². The Morgan fingerprint density at radius 1 is 1.00 bits per heavy atom. The molecule has 2 aromatic carbocycles. The number of hydrogen-bond donors (Lipinski definition) is 0. The summed E-state index contributed by atoms with van der Waals surface area (Å²) in [6.07, 6.45) is 0. The van der Waals surface area contributed by atoms with Crippen molar-refractivity contribution in [1.82, 2.24) is 0 Å². The lowest BCUT2D eigenvalue weighted by atomic mass is 10.2. The Morgan fingerprint density at radius 2 is 1.63 bits per heavy atom. The zero-order valence-corrected chi connectivity index (χ0v) is 12.1. The molecule has 0 amide bonds. The van der Waals surface area contributed by atoms with Crippen LogP contribution in [0, 0.1) is 6.92 Å². The van der Waals surface area contributed by atoms with Crippen molar-refractivity contribution < 1.29 is 12.6 Å². The van der Waals surface area contributed by atoms with Crippen molar-refractivity contribution in [2.24, 2.45) is 0 Å². The lowest BCUT2D eigenvalue weighted by molar-refractivity contribution is 0.491. The maximum absolute atomic E-state index is 11.8. The van der Waals surface area contributed by atoms with Crippen LogP contribution in [0.1, 0.15) is 5.56 Å². The van der Waals surface area contributed by atoms with Gasteiger partial charge >= 0.3 is 10.1 Å². The van der Waals surface area contributed by atoms with E-state index in [1.807, 2.05) is 31.2 Å². The predicted octanol–water partition coefficient (Wildman–Crippen LogP) is 3.45. The highest BCUT2D eigenvalue weighted by molar-refractivity contribution is 8.11. The molecule has 0 fully saturated rings. The lowest BCUT2D eigenvalue weighted by Gasteiger charge is -2.06. The summed E-state index contributed by atoms with van der Waals surface area (Å²) < 4.78 is 28.6. The first-order chi connectivity index (χ1) is 9.05. The Bertz CT molecular complexity index is 620. The van der Waals surface area contributed by atoms with Gasteiger partial charge in [0.1, 0.15) is 10.8 Å². The summed E-state index contributed by atoms with van der Waals surface area (Å²) >= 11 is 1.24. The van der Waals surface area contributed by atoms with E-state index in [-0.39, 0.29) is 5.08 Å². The van der Waals surface area contributed by atoms with Crippen LogP contribution in [-0.2, 0) is 10.1 Å². The monoisotopic (exact) mass is 294 g/mol. The summed E-state index contributed by atoms with van der Waals surface area (Å²) in [5.41, 5.74) is 1.15. The zero-order valence-electron chi connectivity index (χ0n) is 10.4. The van der Waals surface area contributed by atoms with Gasteiger partial charge < -0.3 is 4.18 Å². The van der Waals surface area contributed by atoms with Crippen LogP contribution in [0.4, 0.5) is 0 Å². The first-order valence-corrected chi connectivity index (χ1v) is 8.28. The number of aryl methyl sites for hydroxylation is 1. The van der Waals surface area contributed by atoms with Gasteiger partial charge in [-0.1, -0.05) is 35.9 Å². The summed E-state index contributed by atoms with van der Waals surface area (Å²) in [7, 11) is -3.58. The maximum atomic E-state index is 11.8. The average molecular weight is 294 g/mol. The Balaban J connectivity index is 1.96. The van der Waals surface area contributed by atoms with E-state index in [1.54, 1.807) is 30.3 Å². The van der Waals surface area contributed by atoms with Crippen LogP contribution >= 0.6 is 11.8 Å². The van der Waals surface area contributed by atoms with Crippen molar-refractivity contribution in [2.75, 3.05) is 5.08 Å². The molecule has 0 aliphatic carbocycles. The normalized spacial score (nSPS) is 11.2. The van der Waals surface area contributed by atoms with E-state index in [4.69, 9.17) is 4.18 Å². The number of thioether (sulfide) groups is 1. The van der Waals surface area contributed by atoms with Gasteiger partial charge in [0.25, 0.3) is 0 Å². The maximum Gasteiger partial charge on any atom is 0.319 e.